The maximum atomic E-state index is 13.6. The Labute approximate surface area is 232 Å². The van der Waals surface area contributed by atoms with E-state index in [0.29, 0.717) is 18.5 Å². The van der Waals surface area contributed by atoms with E-state index in [1.165, 1.54) is 5.01 Å². The third-order valence-electron chi connectivity index (χ3n) is 7.54. The van der Waals surface area contributed by atoms with Crippen molar-refractivity contribution in [2.45, 2.75) is 25.4 Å². The van der Waals surface area contributed by atoms with Crippen LogP contribution < -0.4 is 4.74 Å². The van der Waals surface area contributed by atoms with E-state index in [9.17, 15) is 9.59 Å². The van der Waals surface area contributed by atoms with Gasteiger partial charge in [-0.25, -0.2) is 9.80 Å². The summed E-state index contributed by atoms with van der Waals surface area (Å²) in [5.41, 5.74) is 5.69. The Morgan fingerprint density at radius 3 is 2.50 bits per heavy atom. The molecule has 2 aliphatic heterocycles. The summed E-state index contributed by atoms with van der Waals surface area (Å²) < 4.78 is 11.0. The predicted octanol–water partition coefficient (Wildman–Crippen LogP) is 4.77. The van der Waals surface area contributed by atoms with Crippen LogP contribution in [0.5, 0.6) is 5.75 Å². The van der Waals surface area contributed by atoms with Gasteiger partial charge in [-0.3, -0.25) is 9.78 Å². The molecule has 1 unspecified atom stereocenters. The first-order valence-corrected chi connectivity index (χ1v) is 13.4. The maximum Gasteiger partial charge on any atom is 0.339 e. The van der Waals surface area contributed by atoms with Crippen LogP contribution in [0, 0.1) is 0 Å². The van der Waals surface area contributed by atoms with Crippen molar-refractivity contribution in [1.29, 1.82) is 0 Å². The highest BCUT2D eigenvalue weighted by Crippen LogP contribution is 2.34. The van der Waals surface area contributed by atoms with E-state index in [2.05, 4.69) is 4.90 Å². The SMILES string of the molecule is COc1ccc(C2CC(c3ccccc3)=NN2C(=O)COC(=O)c2c3c(nc4ccccc24)CCN(C)C3)cc1. The van der Waals surface area contributed by atoms with Crippen LogP contribution >= 0.6 is 0 Å². The summed E-state index contributed by atoms with van der Waals surface area (Å²) in [5, 5.41) is 6.88. The summed E-state index contributed by atoms with van der Waals surface area (Å²) in [4.78, 5) is 34.1. The summed E-state index contributed by atoms with van der Waals surface area (Å²) >= 11 is 0. The second kappa shape index (κ2) is 10.9. The van der Waals surface area contributed by atoms with Crippen LogP contribution in [0.3, 0.4) is 0 Å². The van der Waals surface area contributed by atoms with E-state index in [-0.39, 0.29) is 11.9 Å². The standard InChI is InChI=1S/C32H30N4O4/c1-35-17-16-27-25(19-35)31(24-10-6-7-11-26(24)33-27)32(38)40-20-30(37)36-29(22-12-14-23(39-2)15-13-22)18-28(34-36)21-8-4-3-5-9-21/h3-15,29H,16-20H2,1-2H3. The quantitative estimate of drug-likeness (QED) is 0.332. The Balaban J connectivity index is 1.28. The zero-order valence-corrected chi connectivity index (χ0v) is 22.5. The lowest BCUT2D eigenvalue weighted by molar-refractivity contribution is -0.136. The Bertz CT molecular complexity index is 1600. The zero-order chi connectivity index (χ0) is 27.6. The van der Waals surface area contributed by atoms with Gasteiger partial charge in [0.05, 0.1) is 29.9 Å². The zero-order valence-electron chi connectivity index (χ0n) is 22.5. The number of carbonyl (C=O) groups is 2. The van der Waals surface area contributed by atoms with Crippen molar-refractivity contribution in [3.05, 3.63) is 107 Å². The van der Waals surface area contributed by atoms with E-state index >= 15 is 0 Å². The van der Waals surface area contributed by atoms with E-state index in [1.807, 2.05) is 85.9 Å². The summed E-state index contributed by atoms with van der Waals surface area (Å²) in [6, 6.07) is 24.7. The molecular formula is C32H30N4O4. The summed E-state index contributed by atoms with van der Waals surface area (Å²) in [5.74, 6) is -0.174. The van der Waals surface area contributed by atoms with Gasteiger partial charge in [-0.1, -0.05) is 60.7 Å². The van der Waals surface area contributed by atoms with Gasteiger partial charge in [-0.15, -0.1) is 0 Å². The molecule has 1 atom stereocenters. The van der Waals surface area contributed by atoms with Crippen molar-refractivity contribution in [3.63, 3.8) is 0 Å². The van der Waals surface area contributed by atoms with E-state index in [4.69, 9.17) is 19.6 Å². The molecule has 0 aliphatic carbocycles. The number of ether oxygens (including phenoxy) is 2. The number of methoxy groups -OCH3 is 1. The molecule has 4 aromatic rings. The number of likely N-dealkylation sites (N-methyl/N-ethyl adjacent to an activating group) is 1. The number of fused-ring (bicyclic) bond motifs is 2. The monoisotopic (exact) mass is 534 g/mol. The fourth-order valence-corrected chi connectivity index (χ4v) is 5.45. The lowest BCUT2D eigenvalue weighted by Crippen LogP contribution is -2.32. The highest BCUT2D eigenvalue weighted by molar-refractivity contribution is 6.06. The van der Waals surface area contributed by atoms with E-state index in [1.54, 1.807) is 7.11 Å². The third-order valence-corrected chi connectivity index (χ3v) is 7.54. The lowest BCUT2D eigenvalue weighted by atomic mass is 9.96. The number of pyridine rings is 1. The number of benzene rings is 3. The number of hydrogen-bond donors (Lipinski definition) is 0. The van der Waals surface area contributed by atoms with Crippen molar-refractivity contribution in [3.8, 4) is 5.75 Å². The van der Waals surface area contributed by atoms with Crippen LogP contribution in [0.1, 0.15) is 45.2 Å². The molecule has 2 aliphatic rings. The summed E-state index contributed by atoms with van der Waals surface area (Å²) in [7, 11) is 3.64. The first-order chi connectivity index (χ1) is 19.5. The van der Waals surface area contributed by atoms with Crippen LogP contribution in [-0.2, 0) is 22.5 Å². The molecule has 6 rings (SSSR count). The number of amides is 1. The van der Waals surface area contributed by atoms with Gasteiger partial charge >= 0.3 is 5.97 Å². The molecule has 0 radical (unpaired) electrons. The normalized spacial score (nSPS) is 16.9. The second-order valence-electron chi connectivity index (χ2n) is 10.1. The number of hydrogen-bond acceptors (Lipinski definition) is 7. The van der Waals surface area contributed by atoms with Crippen molar-refractivity contribution in [2.75, 3.05) is 27.3 Å². The average Bonchev–Trinajstić information content (AvgIpc) is 3.45. The van der Waals surface area contributed by atoms with Gasteiger partial charge < -0.3 is 14.4 Å². The fraction of sp³-hybridized carbons (Fsp3) is 0.250. The summed E-state index contributed by atoms with van der Waals surface area (Å²) in [6.45, 7) is 1.05. The van der Waals surface area contributed by atoms with Crippen molar-refractivity contribution >= 4 is 28.5 Å². The fourth-order valence-electron chi connectivity index (χ4n) is 5.45. The van der Waals surface area contributed by atoms with Crippen molar-refractivity contribution in [1.82, 2.24) is 14.9 Å². The first kappa shape index (κ1) is 25.7. The number of rotatable bonds is 6. The Hall–Kier alpha value is -4.56. The van der Waals surface area contributed by atoms with E-state index in [0.717, 1.165) is 57.7 Å². The van der Waals surface area contributed by atoms with Gasteiger partial charge in [0.2, 0.25) is 0 Å². The first-order valence-electron chi connectivity index (χ1n) is 13.4. The van der Waals surface area contributed by atoms with Gasteiger partial charge in [-0.05, 0) is 36.4 Å². The molecule has 3 aromatic carbocycles. The number of esters is 1. The molecule has 40 heavy (non-hydrogen) atoms. The Kier molecular flexibility index (Phi) is 7.00. The minimum atomic E-state index is -0.522. The van der Waals surface area contributed by atoms with Gasteiger partial charge in [0.1, 0.15) is 5.75 Å². The van der Waals surface area contributed by atoms with Crippen LogP contribution in [0.25, 0.3) is 10.9 Å². The van der Waals surface area contributed by atoms with Crippen molar-refractivity contribution in [2.24, 2.45) is 5.10 Å². The molecule has 1 aromatic heterocycles. The molecule has 0 fully saturated rings. The molecule has 0 spiro atoms. The number of para-hydroxylation sites is 1. The smallest absolute Gasteiger partial charge is 0.339 e. The van der Waals surface area contributed by atoms with Crippen LogP contribution in [0.2, 0.25) is 0 Å². The van der Waals surface area contributed by atoms with Crippen LogP contribution in [0.4, 0.5) is 0 Å². The predicted molar refractivity (Wildman–Crippen MR) is 152 cm³/mol. The minimum absolute atomic E-state index is 0.324. The number of hydrazone groups is 1. The Morgan fingerprint density at radius 1 is 0.975 bits per heavy atom. The van der Waals surface area contributed by atoms with Crippen molar-refractivity contribution < 1.29 is 19.1 Å². The van der Waals surface area contributed by atoms with Gasteiger partial charge in [-0.2, -0.15) is 5.10 Å². The summed E-state index contributed by atoms with van der Waals surface area (Å²) in [6.07, 6.45) is 1.30. The van der Waals surface area contributed by atoms with Gasteiger partial charge in [0, 0.05) is 42.6 Å². The molecule has 1 amide bonds. The number of aromatic nitrogens is 1. The largest absolute Gasteiger partial charge is 0.497 e. The highest BCUT2D eigenvalue weighted by Gasteiger charge is 2.34. The highest BCUT2D eigenvalue weighted by atomic mass is 16.5. The maximum absolute atomic E-state index is 13.6. The lowest BCUT2D eigenvalue weighted by Gasteiger charge is -2.27. The molecule has 0 bridgehead atoms. The molecule has 202 valence electrons. The number of nitrogens with zero attached hydrogens (tertiary/aromatic N) is 4. The molecule has 0 saturated heterocycles. The molecule has 0 N–H and O–H groups in total. The minimum Gasteiger partial charge on any atom is -0.497 e. The van der Waals surface area contributed by atoms with E-state index < -0.39 is 12.6 Å². The third kappa shape index (κ3) is 4.94. The van der Waals surface area contributed by atoms with Gasteiger partial charge in [0.25, 0.3) is 5.91 Å². The molecule has 0 saturated carbocycles. The van der Waals surface area contributed by atoms with Crippen LogP contribution in [0.15, 0.2) is 84.0 Å². The molecular weight excluding hydrogens is 504 g/mol. The average molecular weight is 535 g/mol. The Morgan fingerprint density at radius 2 is 1.73 bits per heavy atom. The topological polar surface area (TPSA) is 84.3 Å². The molecule has 8 heteroatoms. The van der Waals surface area contributed by atoms with Crippen LogP contribution in [-0.4, -0.2) is 59.8 Å². The second-order valence-corrected chi connectivity index (χ2v) is 10.1. The molecule has 3 heterocycles. The molecule has 8 nitrogen and oxygen atoms in total. The number of carbonyl (C=O) groups excluding carboxylic acids is 2. The van der Waals surface area contributed by atoms with Gasteiger partial charge in [0.15, 0.2) is 6.61 Å².